The normalized spacial score (nSPS) is 11.6. The first kappa shape index (κ1) is 21.5. The molecule has 8 nitrogen and oxygen atoms in total. The van der Waals surface area contributed by atoms with Crippen LogP contribution in [0.3, 0.4) is 0 Å². The minimum Gasteiger partial charge on any atom is -0.324 e. The summed E-state index contributed by atoms with van der Waals surface area (Å²) < 4.78 is 41.7. The highest BCUT2D eigenvalue weighted by molar-refractivity contribution is 6.30. The Labute approximate surface area is 183 Å². The number of nitrogens with zero attached hydrogens (tertiary/aromatic N) is 5. The van der Waals surface area contributed by atoms with Crippen LogP contribution in [-0.2, 0) is 24.1 Å². The number of fused-ring (bicyclic) bond motifs is 1. The molecule has 0 unspecified atom stereocenters. The van der Waals surface area contributed by atoms with E-state index in [1.165, 1.54) is 16.8 Å². The number of aromatic nitrogens is 5. The Kier molecular flexibility index (Phi) is 5.66. The summed E-state index contributed by atoms with van der Waals surface area (Å²) in [5, 5.41) is 10.5. The number of benzene rings is 2. The maximum atomic E-state index is 13.1. The second-order valence-corrected chi connectivity index (χ2v) is 7.25. The molecule has 0 aliphatic heterocycles. The van der Waals surface area contributed by atoms with E-state index in [4.69, 9.17) is 11.6 Å². The summed E-state index contributed by atoms with van der Waals surface area (Å²) in [7, 11) is 0. The van der Waals surface area contributed by atoms with Crippen molar-refractivity contribution in [2.45, 2.75) is 19.3 Å². The van der Waals surface area contributed by atoms with Crippen LogP contribution >= 0.6 is 11.6 Å². The number of rotatable bonds is 5. The van der Waals surface area contributed by atoms with Gasteiger partial charge in [0, 0.05) is 5.02 Å². The first-order chi connectivity index (χ1) is 15.2. The van der Waals surface area contributed by atoms with Gasteiger partial charge in [-0.05, 0) is 29.8 Å². The number of carbonyl (C=O) groups is 1. The smallest absolute Gasteiger partial charge is 0.324 e. The first-order valence-electron chi connectivity index (χ1n) is 9.21. The van der Waals surface area contributed by atoms with E-state index in [1.54, 1.807) is 24.3 Å². The van der Waals surface area contributed by atoms with Crippen molar-refractivity contribution in [1.82, 2.24) is 24.5 Å². The van der Waals surface area contributed by atoms with Crippen molar-refractivity contribution in [2.24, 2.45) is 0 Å². The molecule has 1 N–H and O–H groups in total. The fraction of sp³-hybridized carbons (Fsp3) is 0.150. The molecule has 4 aromatic rings. The molecule has 0 spiro atoms. The van der Waals surface area contributed by atoms with Gasteiger partial charge < -0.3 is 5.32 Å². The third kappa shape index (κ3) is 4.47. The fourth-order valence-corrected chi connectivity index (χ4v) is 3.18. The molecule has 4 rings (SSSR count). The second kappa shape index (κ2) is 8.42. The van der Waals surface area contributed by atoms with E-state index in [2.05, 4.69) is 20.6 Å². The average Bonchev–Trinajstić information content (AvgIpc) is 3.15. The van der Waals surface area contributed by atoms with Gasteiger partial charge in [-0.1, -0.05) is 41.1 Å². The number of halogens is 4. The molecule has 2 aromatic carbocycles. The minimum absolute atomic E-state index is 0.0649. The third-order valence-electron chi connectivity index (χ3n) is 4.56. The van der Waals surface area contributed by atoms with Gasteiger partial charge >= 0.3 is 6.18 Å². The van der Waals surface area contributed by atoms with E-state index in [9.17, 15) is 22.8 Å². The predicted molar refractivity (Wildman–Crippen MR) is 110 cm³/mol. The van der Waals surface area contributed by atoms with Gasteiger partial charge in [0.15, 0.2) is 11.2 Å². The molecule has 2 aromatic heterocycles. The lowest BCUT2D eigenvalue weighted by Gasteiger charge is -2.13. The number of anilines is 1. The Morgan fingerprint density at radius 3 is 2.53 bits per heavy atom. The van der Waals surface area contributed by atoms with E-state index in [0.717, 1.165) is 28.6 Å². The molecule has 12 heteroatoms. The summed E-state index contributed by atoms with van der Waals surface area (Å²) in [5.74, 6) is -0.821. The standard InChI is InChI=1S/C20H14ClF3N6O2/c21-13-7-5-12(6-8-13)9-30-18-17(27-28-30)19(32)29(11-25-18)10-16(31)26-15-4-2-1-3-14(15)20(22,23)24/h1-8,11H,9-10H2,(H,26,31). The summed E-state index contributed by atoms with van der Waals surface area (Å²) in [6.45, 7) is -0.253. The summed E-state index contributed by atoms with van der Waals surface area (Å²) in [6, 6.07) is 11.6. The van der Waals surface area contributed by atoms with Crippen molar-refractivity contribution in [2.75, 3.05) is 5.32 Å². The predicted octanol–water partition coefficient (Wildman–Crippen LogP) is 3.35. The molecule has 0 saturated carbocycles. The van der Waals surface area contributed by atoms with Crippen LogP contribution in [0.2, 0.25) is 5.02 Å². The van der Waals surface area contributed by atoms with E-state index in [-0.39, 0.29) is 11.2 Å². The van der Waals surface area contributed by atoms with Gasteiger partial charge in [0.05, 0.1) is 17.8 Å². The van der Waals surface area contributed by atoms with Crippen LogP contribution in [0, 0.1) is 0 Å². The van der Waals surface area contributed by atoms with Gasteiger partial charge in [0.25, 0.3) is 5.56 Å². The number of nitrogens with one attached hydrogen (secondary N) is 1. The van der Waals surface area contributed by atoms with Crippen LogP contribution in [0.4, 0.5) is 18.9 Å². The van der Waals surface area contributed by atoms with Gasteiger partial charge in [-0.25, -0.2) is 9.67 Å². The highest BCUT2D eigenvalue weighted by Gasteiger charge is 2.33. The minimum atomic E-state index is -4.64. The molecule has 0 bridgehead atoms. The van der Waals surface area contributed by atoms with Crippen molar-refractivity contribution in [3.8, 4) is 0 Å². The topological polar surface area (TPSA) is 94.7 Å². The molecule has 32 heavy (non-hydrogen) atoms. The fourth-order valence-electron chi connectivity index (χ4n) is 3.05. The molecular weight excluding hydrogens is 449 g/mol. The number of para-hydroxylation sites is 1. The summed E-state index contributed by atoms with van der Waals surface area (Å²) in [4.78, 5) is 29.1. The van der Waals surface area contributed by atoms with E-state index in [0.29, 0.717) is 11.6 Å². The lowest BCUT2D eigenvalue weighted by molar-refractivity contribution is -0.137. The zero-order valence-electron chi connectivity index (χ0n) is 16.2. The summed E-state index contributed by atoms with van der Waals surface area (Å²) in [6.07, 6.45) is -3.51. The second-order valence-electron chi connectivity index (χ2n) is 6.81. The Morgan fingerprint density at radius 1 is 1.09 bits per heavy atom. The molecule has 0 aliphatic carbocycles. The van der Waals surface area contributed by atoms with Gasteiger partial charge in [-0.15, -0.1) is 5.10 Å². The van der Waals surface area contributed by atoms with Gasteiger partial charge in [0.1, 0.15) is 12.9 Å². The molecule has 164 valence electrons. The SMILES string of the molecule is O=C(Cn1cnc2c(nnn2Cc2ccc(Cl)cc2)c1=O)Nc1ccccc1C(F)(F)F. The molecule has 0 atom stereocenters. The van der Waals surface area contributed by atoms with Crippen LogP contribution in [0.1, 0.15) is 11.1 Å². The van der Waals surface area contributed by atoms with Gasteiger partial charge in [-0.2, -0.15) is 13.2 Å². The largest absolute Gasteiger partial charge is 0.418 e. The maximum absolute atomic E-state index is 13.1. The molecule has 0 aliphatic rings. The molecule has 0 saturated heterocycles. The van der Waals surface area contributed by atoms with Gasteiger partial charge in [0.2, 0.25) is 5.91 Å². The zero-order chi connectivity index (χ0) is 22.9. The zero-order valence-corrected chi connectivity index (χ0v) is 16.9. The average molecular weight is 463 g/mol. The lowest BCUT2D eigenvalue weighted by Crippen LogP contribution is -2.28. The van der Waals surface area contributed by atoms with Crippen LogP contribution in [0.25, 0.3) is 11.2 Å². The molecule has 0 radical (unpaired) electrons. The summed E-state index contributed by atoms with van der Waals surface area (Å²) >= 11 is 5.87. The van der Waals surface area contributed by atoms with E-state index < -0.39 is 35.4 Å². The number of carbonyl (C=O) groups excluding carboxylic acids is 1. The van der Waals surface area contributed by atoms with Gasteiger partial charge in [-0.3, -0.25) is 14.2 Å². The van der Waals surface area contributed by atoms with Crippen molar-refractivity contribution < 1.29 is 18.0 Å². The number of hydrogen-bond acceptors (Lipinski definition) is 5. The van der Waals surface area contributed by atoms with E-state index in [1.807, 2.05) is 0 Å². The highest BCUT2D eigenvalue weighted by Crippen LogP contribution is 2.34. The van der Waals surface area contributed by atoms with Crippen LogP contribution < -0.4 is 10.9 Å². The Balaban J connectivity index is 1.55. The monoisotopic (exact) mass is 462 g/mol. The molecule has 1 amide bonds. The van der Waals surface area contributed by atoms with Crippen molar-refractivity contribution in [1.29, 1.82) is 0 Å². The first-order valence-corrected chi connectivity index (χ1v) is 9.59. The lowest BCUT2D eigenvalue weighted by atomic mass is 10.1. The van der Waals surface area contributed by atoms with Crippen LogP contribution in [0.5, 0.6) is 0 Å². The Hall–Kier alpha value is -3.73. The van der Waals surface area contributed by atoms with Crippen LogP contribution in [-0.4, -0.2) is 30.5 Å². The number of amides is 1. The van der Waals surface area contributed by atoms with Crippen molar-refractivity contribution in [3.63, 3.8) is 0 Å². The third-order valence-corrected chi connectivity index (χ3v) is 4.81. The molecular formula is C20H14ClF3N6O2. The Morgan fingerprint density at radius 2 is 1.81 bits per heavy atom. The number of alkyl halides is 3. The van der Waals surface area contributed by atoms with Crippen molar-refractivity contribution >= 4 is 34.4 Å². The quantitative estimate of drug-likeness (QED) is 0.491. The van der Waals surface area contributed by atoms with Crippen LogP contribution in [0.15, 0.2) is 59.7 Å². The van der Waals surface area contributed by atoms with E-state index >= 15 is 0 Å². The molecule has 2 heterocycles. The number of hydrogen-bond donors (Lipinski definition) is 1. The summed E-state index contributed by atoms with van der Waals surface area (Å²) in [5.41, 5.74) is -1.03. The maximum Gasteiger partial charge on any atom is 0.418 e. The molecule has 0 fully saturated rings. The highest BCUT2D eigenvalue weighted by atomic mass is 35.5. The van der Waals surface area contributed by atoms with Crippen molar-refractivity contribution in [3.05, 3.63) is 81.4 Å². The Bertz CT molecular complexity index is 1350.